The Bertz CT molecular complexity index is 1940. The summed E-state index contributed by atoms with van der Waals surface area (Å²) in [7, 11) is 0. The van der Waals surface area contributed by atoms with Crippen LogP contribution in [-0.2, 0) is 28.6 Å². The molecule has 1 unspecified atom stereocenters. The minimum Gasteiger partial charge on any atom is -0.462 e. The molecule has 83 heavy (non-hydrogen) atoms. The molecule has 0 amide bonds. The molecule has 6 nitrogen and oxygen atoms in total. The third-order valence-electron chi connectivity index (χ3n) is 13.4. The number of allylic oxidation sites excluding steroid dienone is 30. The van der Waals surface area contributed by atoms with Crippen molar-refractivity contribution in [3.8, 4) is 0 Å². The quantitative estimate of drug-likeness (QED) is 0.0261. The van der Waals surface area contributed by atoms with Crippen molar-refractivity contribution in [2.75, 3.05) is 13.2 Å². The van der Waals surface area contributed by atoms with Crippen molar-refractivity contribution in [1.82, 2.24) is 0 Å². The van der Waals surface area contributed by atoms with Crippen LogP contribution in [0, 0.1) is 0 Å². The van der Waals surface area contributed by atoms with Crippen LogP contribution in [0.3, 0.4) is 0 Å². The molecule has 0 fully saturated rings. The van der Waals surface area contributed by atoms with Crippen LogP contribution in [-0.4, -0.2) is 37.2 Å². The van der Waals surface area contributed by atoms with Crippen molar-refractivity contribution >= 4 is 17.9 Å². The van der Waals surface area contributed by atoms with Gasteiger partial charge in [0, 0.05) is 19.3 Å². The van der Waals surface area contributed by atoms with Crippen LogP contribution >= 0.6 is 0 Å². The highest BCUT2D eigenvalue weighted by Gasteiger charge is 2.19. The molecule has 6 heteroatoms. The Labute approximate surface area is 510 Å². The fourth-order valence-electron chi connectivity index (χ4n) is 8.51. The van der Waals surface area contributed by atoms with Crippen molar-refractivity contribution in [1.29, 1.82) is 0 Å². The zero-order chi connectivity index (χ0) is 59.9. The molecular weight excluding hydrogens is 1020 g/mol. The first kappa shape index (κ1) is 77.5. The molecular formula is C77H120O6. The molecule has 0 aromatic rings. The van der Waals surface area contributed by atoms with Crippen LogP contribution in [0.4, 0.5) is 0 Å². The summed E-state index contributed by atoms with van der Waals surface area (Å²) in [6.07, 6.45) is 104. The van der Waals surface area contributed by atoms with Crippen LogP contribution < -0.4 is 0 Å². The number of carbonyl (C=O) groups is 3. The molecule has 464 valence electrons. The lowest BCUT2D eigenvalue weighted by Crippen LogP contribution is -2.30. The Morgan fingerprint density at radius 1 is 0.253 bits per heavy atom. The molecule has 0 aliphatic rings. The fourth-order valence-corrected chi connectivity index (χ4v) is 8.51. The van der Waals surface area contributed by atoms with Crippen molar-refractivity contribution in [2.24, 2.45) is 0 Å². The number of hydrogen-bond donors (Lipinski definition) is 0. The third kappa shape index (κ3) is 67.2. The van der Waals surface area contributed by atoms with Crippen LogP contribution in [0.15, 0.2) is 182 Å². The smallest absolute Gasteiger partial charge is 0.306 e. The van der Waals surface area contributed by atoms with E-state index in [2.05, 4.69) is 203 Å². The summed E-state index contributed by atoms with van der Waals surface area (Å²) < 4.78 is 16.8. The number of ether oxygens (including phenoxy) is 3. The molecule has 1 atom stereocenters. The van der Waals surface area contributed by atoms with Gasteiger partial charge in [0.05, 0.1) is 0 Å². The lowest BCUT2D eigenvalue weighted by molar-refractivity contribution is -0.167. The van der Waals surface area contributed by atoms with E-state index in [1.807, 2.05) is 0 Å². The Balaban J connectivity index is 4.22. The van der Waals surface area contributed by atoms with Gasteiger partial charge in [0.2, 0.25) is 0 Å². The lowest BCUT2D eigenvalue weighted by Gasteiger charge is -2.18. The highest BCUT2D eigenvalue weighted by molar-refractivity contribution is 5.71. The van der Waals surface area contributed by atoms with Crippen LogP contribution in [0.2, 0.25) is 0 Å². The number of esters is 3. The second-order valence-electron chi connectivity index (χ2n) is 21.3. The predicted molar refractivity (Wildman–Crippen MR) is 361 cm³/mol. The molecule has 0 aromatic carbocycles. The van der Waals surface area contributed by atoms with Gasteiger partial charge in [-0.3, -0.25) is 14.4 Å². The highest BCUT2D eigenvalue weighted by atomic mass is 16.6. The van der Waals surface area contributed by atoms with Crippen molar-refractivity contribution < 1.29 is 28.6 Å². The van der Waals surface area contributed by atoms with Gasteiger partial charge in [0.25, 0.3) is 0 Å². The largest absolute Gasteiger partial charge is 0.462 e. The highest BCUT2D eigenvalue weighted by Crippen LogP contribution is 2.14. The number of unbranched alkanes of at least 4 members (excludes halogenated alkanes) is 17. The zero-order valence-corrected chi connectivity index (χ0v) is 53.1. The van der Waals surface area contributed by atoms with Gasteiger partial charge >= 0.3 is 17.9 Å². The standard InChI is InChI=1S/C77H120O6/c1-4-7-10-13-16-18-20-22-24-26-28-30-32-33-34-35-36-37-38-39-40-41-42-43-45-46-48-50-52-54-56-58-61-64-67-70-76(79)82-73-74(72-81-75(78)69-66-63-60-15-12-9-6-3)83-77(80)71-68-65-62-59-57-55-53-51-49-47-44-31-29-27-25-23-21-19-17-14-11-8-5-2/h7-8,10-11,16-19,22-25,28-31,33-34,36-37,39-40,42-43,47,49,53,55,59,62,74H,4-6,9,12-15,20-21,26-27,32,35,38,41,44-46,48,50-52,54,56-58,60-61,63-73H2,1-3H3/b10-7-,11-8-,18-16-,19-17-,24-22-,25-23-,30-28-,31-29-,34-33-,37-36-,40-39-,43-42-,49-47-,55-53-,62-59-. The van der Waals surface area contributed by atoms with E-state index in [0.29, 0.717) is 19.3 Å². The molecule has 0 rings (SSSR count). The maximum Gasteiger partial charge on any atom is 0.306 e. The summed E-state index contributed by atoms with van der Waals surface area (Å²) in [5.41, 5.74) is 0. The Morgan fingerprint density at radius 2 is 0.482 bits per heavy atom. The minimum atomic E-state index is -0.817. The zero-order valence-electron chi connectivity index (χ0n) is 53.1. The van der Waals surface area contributed by atoms with Crippen molar-refractivity contribution in [3.63, 3.8) is 0 Å². The first-order chi connectivity index (χ1) is 41.0. The van der Waals surface area contributed by atoms with Gasteiger partial charge in [0.15, 0.2) is 6.10 Å². The van der Waals surface area contributed by atoms with Crippen molar-refractivity contribution in [3.05, 3.63) is 182 Å². The summed E-state index contributed by atoms with van der Waals surface area (Å²) in [5, 5.41) is 0. The minimum absolute atomic E-state index is 0.109. The molecule has 0 saturated heterocycles. The van der Waals surface area contributed by atoms with E-state index in [-0.39, 0.29) is 37.5 Å². The van der Waals surface area contributed by atoms with E-state index < -0.39 is 6.10 Å². The van der Waals surface area contributed by atoms with Crippen molar-refractivity contribution in [2.45, 2.75) is 271 Å². The number of carbonyl (C=O) groups excluding carboxylic acids is 3. The normalized spacial score (nSPS) is 13.3. The van der Waals surface area contributed by atoms with E-state index in [1.165, 1.54) is 70.6 Å². The molecule has 0 N–H and O–H groups in total. The topological polar surface area (TPSA) is 78.9 Å². The van der Waals surface area contributed by atoms with Gasteiger partial charge in [-0.05, 0) is 135 Å². The first-order valence-corrected chi connectivity index (χ1v) is 33.3. The van der Waals surface area contributed by atoms with Gasteiger partial charge in [-0.15, -0.1) is 0 Å². The third-order valence-corrected chi connectivity index (χ3v) is 13.4. The van der Waals surface area contributed by atoms with Gasteiger partial charge in [-0.2, -0.15) is 0 Å². The summed E-state index contributed by atoms with van der Waals surface area (Å²) in [6.45, 7) is 6.31. The van der Waals surface area contributed by atoms with Gasteiger partial charge < -0.3 is 14.2 Å². The second kappa shape index (κ2) is 69.0. The monoisotopic (exact) mass is 1140 g/mol. The summed E-state index contributed by atoms with van der Waals surface area (Å²) in [5.74, 6) is -0.986. The number of hydrogen-bond acceptors (Lipinski definition) is 6. The van der Waals surface area contributed by atoms with E-state index in [9.17, 15) is 14.4 Å². The van der Waals surface area contributed by atoms with Crippen LogP contribution in [0.5, 0.6) is 0 Å². The number of rotatable bonds is 58. The molecule has 0 saturated carbocycles. The Hall–Kier alpha value is -5.49. The Morgan fingerprint density at radius 3 is 0.771 bits per heavy atom. The summed E-state index contributed by atoms with van der Waals surface area (Å²) >= 11 is 0. The van der Waals surface area contributed by atoms with Crippen LogP contribution in [0.25, 0.3) is 0 Å². The summed E-state index contributed by atoms with van der Waals surface area (Å²) in [4.78, 5) is 38.1. The molecule has 0 aliphatic carbocycles. The maximum absolute atomic E-state index is 12.8. The van der Waals surface area contributed by atoms with E-state index in [1.54, 1.807) is 0 Å². The lowest BCUT2D eigenvalue weighted by atomic mass is 10.1. The molecule has 0 heterocycles. The fraction of sp³-hybridized carbons (Fsp3) is 0.571. The molecule has 0 spiro atoms. The Kier molecular flexibility index (Phi) is 64.4. The van der Waals surface area contributed by atoms with Crippen LogP contribution in [0.1, 0.15) is 265 Å². The average Bonchev–Trinajstić information content (AvgIpc) is 3.49. The van der Waals surface area contributed by atoms with E-state index in [4.69, 9.17) is 14.2 Å². The van der Waals surface area contributed by atoms with Gasteiger partial charge in [0.1, 0.15) is 13.2 Å². The molecule has 0 aliphatic heterocycles. The van der Waals surface area contributed by atoms with Gasteiger partial charge in [-0.25, -0.2) is 0 Å². The maximum atomic E-state index is 12.8. The summed E-state index contributed by atoms with van der Waals surface area (Å²) in [6, 6.07) is 0. The SMILES string of the molecule is CC/C=C\C/C=C\C/C=C\C/C=C\C/C=C\C/C=C\C/C=C\C/C=C\CCCCCCCCCCCCC(=O)OCC(COC(=O)CCCCCCCCC)OC(=O)CCC/C=C\C/C=C\C/C=C\C/C=C\C/C=C\C/C=C\C/C=C\CC. The molecule has 0 aromatic heterocycles. The van der Waals surface area contributed by atoms with E-state index in [0.717, 1.165) is 148 Å². The predicted octanol–water partition coefficient (Wildman–Crippen LogP) is 23.2. The molecule has 0 bridgehead atoms. The van der Waals surface area contributed by atoms with E-state index >= 15 is 0 Å². The second-order valence-corrected chi connectivity index (χ2v) is 21.3. The first-order valence-electron chi connectivity index (χ1n) is 33.3. The molecule has 0 radical (unpaired) electrons. The van der Waals surface area contributed by atoms with Gasteiger partial charge in [-0.1, -0.05) is 293 Å². The average molecular weight is 1140 g/mol.